The van der Waals surface area contributed by atoms with Crippen LogP contribution >= 0.6 is 11.8 Å². The van der Waals surface area contributed by atoms with Gasteiger partial charge in [-0.2, -0.15) is 0 Å². The largest absolute Gasteiger partial charge is 0.126 e. The molecule has 0 spiro atoms. The summed E-state index contributed by atoms with van der Waals surface area (Å²) in [5.41, 5.74) is 1.88. The summed E-state index contributed by atoms with van der Waals surface area (Å²) in [4.78, 5) is 1.48. The van der Waals surface area contributed by atoms with Crippen LogP contribution < -0.4 is 0 Å². The summed E-state index contributed by atoms with van der Waals surface area (Å²) in [5, 5.41) is 2.81. The van der Waals surface area contributed by atoms with E-state index in [1.165, 1.54) is 27.8 Å². The van der Waals surface area contributed by atoms with E-state index in [4.69, 9.17) is 0 Å². The minimum absolute atomic E-state index is 0.321. The van der Waals surface area contributed by atoms with Crippen LogP contribution in [0.4, 0.5) is 0 Å². The average molecular weight is 228 g/mol. The Balaban J connectivity index is 2.39. The molecule has 0 radical (unpaired) electrons. The molecule has 82 valence electrons. The van der Waals surface area contributed by atoms with Gasteiger partial charge in [-0.1, -0.05) is 44.2 Å². The Bertz CT molecular complexity index is 540. The van der Waals surface area contributed by atoms with Gasteiger partial charge in [0, 0.05) is 4.90 Å². The van der Waals surface area contributed by atoms with Crippen LogP contribution in [0.15, 0.2) is 41.3 Å². The lowest BCUT2D eigenvalue weighted by atomic mass is 9.79. The maximum absolute atomic E-state index is 2.37. The van der Waals surface area contributed by atoms with Gasteiger partial charge in [-0.25, -0.2) is 0 Å². The summed E-state index contributed by atoms with van der Waals surface area (Å²) in [6.45, 7) is 4.75. The molecule has 0 bridgehead atoms. The lowest BCUT2D eigenvalue weighted by Crippen LogP contribution is -2.23. The first-order chi connectivity index (χ1) is 7.68. The van der Waals surface area contributed by atoms with Crippen molar-refractivity contribution in [2.45, 2.75) is 30.6 Å². The highest BCUT2D eigenvalue weighted by Gasteiger charge is 2.29. The number of fused-ring (bicyclic) bond motifs is 3. The van der Waals surface area contributed by atoms with Gasteiger partial charge in [-0.05, 0) is 40.0 Å². The van der Waals surface area contributed by atoms with Gasteiger partial charge < -0.3 is 0 Å². The van der Waals surface area contributed by atoms with Crippen LogP contribution in [-0.2, 0) is 5.41 Å². The molecule has 0 amide bonds. The van der Waals surface area contributed by atoms with E-state index in [2.05, 4.69) is 50.2 Å². The minimum Gasteiger partial charge on any atom is -0.126 e. The summed E-state index contributed by atoms with van der Waals surface area (Å²) in [6.07, 6.45) is 1.28. The predicted molar refractivity (Wildman–Crippen MR) is 72.3 cm³/mol. The van der Waals surface area contributed by atoms with Crippen molar-refractivity contribution in [1.82, 2.24) is 0 Å². The van der Waals surface area contributed by atoms with Gasteiger partial charge in [0.2, 0.25) is 0 Å². The Kier molecular flexibility index (Phi) is 2.25. The molecule has 0 fully saturated rings. The van der Waals surface area contributed by atoms with E-state index in [0.29, 0.717) is 5.41 Å². The topological polar surface area (TPSA) is 0 Å². The summed E-state index contributed by atoms with van der Waals surface area (Å²) in [6, 6.07) is 13.3. The first-order valence-corrected chi connectivity index (χ1v) is 6.82. The molecule has 0 aromatic heterocycles. The molecule has 0 unspecified atom stereocenters. The molecule has 0 saturated carbocycles. The average Bonchev–Trinajstić information content (AvgIpc) is 2.28. The third kappa shape index (κ3) is 1.46. The fourth-order valence-corrected chi connectivity index (χ4v) is 4.14. The Labute approximate surface area is 101 Å². The Morgan fingerprint density at radius 3 is 2.75 bits per heavy atom. The van der Waals surface area contributed by atoms with Crippen molar-refractivity contribution in [1.29, 1.82) is 0 Å². The van der Waals surface area contributed by atoms with Crippen LogP contribution in [0.25, 0.3) is 10.8 Å². The van der Waals surface area contributed by atoms with Crippen LogP contribution in [-0.4, -0.2) is 5.75 Å². The van der Waals surface area contributed by atoms with Gasteiger partial charge in [0.15, 0.2) is 0 Å². The molecule has 16 heavy (non-hydrogen) atoms. The summed E-state index contributed by atoms with van der Waals surface area (Å²) < 4.78 is 0. The fourth-order valence-electron chi connectivity index (χ4n) is 2.61. The molecule has 2 aromatic rings. The van der Waals surface area contributed by atoms with Gasteiger partial charge in [0.05, 0.1) is 0 Å². The van der Waals surface area contributed by atoms with Gasteiger partial charge in [0.25, 0.3) is 0 Å². The third-order valence-corrected chi connectivity index (χ3v) is 4.61. The molecule has 1 aliphatic heterocycles. The van der Waals surface area contributed by atoms with Gasteiger partial charge in [-0.15, -0.1) is 11.8 Å². The summed E-state index contributed by atoms with van der Waals surface area (Å²) in [7, 11) is 0. The van der Waals surface area contributed by atoms with Crippen molar-refractivity contribution >= 4 is 22.5 Å². The van der Waals surface area contributed by atoms with Crippen molar-refractivity contribution in [2.75, 3.05) is 5.75 Å². The fraction of sp³-hybridized carbons (Fsp3) is 0.333. The highest BCUT2D eigenvalue weighted by Crippen LogP contribution is 2.44. The molecule has 0 atom stereocenters. The zero-order valence-electron chi connectivity index (χ0n) is 9.79. The van der Waals surface area contributed by atoms with E-state index in [1.54, 1.807) is 5.56 Å². The van der Waals surface area contributed by atoms with E-state index < -0.39 is 0 Å². The minimum atomic E-state index is 0.321. The van der Waals surface area contributed by atoms with Crippen LogP contribution in [0.5, 0.6) is 0 Å². The molecule has 0 aliphatic carbocycles. The molecule has 2 aromatic carbocycles. The lowest BCUT2D eigenvalue weighted by molar-refractivity contribution is 0.499. The summed E-state index contributed by atoms with van der Waals surface area (Å²) in [5.74, 6) is 1.25. The number of benzene rings is 2. The number of thioether (sulfide) groups is 1. The number of hydrogen-bond acceptors (Lipinski definition) is 1. The number of rotatable bonds is 0. The van der Waals surface area contributed by atoms with E-state index in [0.717, 1.165) is 0 Å². The third-order valence-electron chi connectivity index (χ3n) is 3.55. The first kappa shape index (κ1) is 10.2. The van der Waals surface area contributed by atoms with Crippen molar-refractivity contribution in [3.05, 3.63) is 42.0 Å². The van der Waals surface area contributed by atoms with Crippen LogP contribution in [0.3, 0.4) is 0 Å². The quantitative estimate of drug-likeness (QED) is 0.634. The number of hydrogen-bond donors (Lipinski definition) is 0. The van der Waals surface area contributed by atoms with E-state index in [-0.39, 0.29) is 0 Å². The highest BCUT2D eigenvalue weighted by molar-refractivity contribution is 7.99. The molecule has 1 heterocycles. The second-order valence-electron chi connectivity index (χ2n) is 5.14. The van der Waals surface area contributed by atoms with Crippen molar-refractivity contribution in [3.8, 4) is 0 Å². The van der Waals surface area contributed by atoms with Gasteiger partial charge in [-0.3, -0.25) is 0 Å². The molecule has 1 aliphatic rings. The molecule has 1 heteroatoms. The van der Waals surface area contributed by atoms with Crippen molar-refractivity contribution < 1.29 is 0 Å². The molecular weight excluding hydrogens is 212 g/mol. The Morgan fingerprint density at radius 2 is 1.88 bits per heavy atom. The van der Waals surface area contributed by atoms with E-state index in [1.807, 2.05) is 11.8 Å². The Morgan fingerprint density at radius 1 is 1.06 bits per heavy atom. The maximum Gasteiger partial charge on any atom is 0.0116 e. The molecule has 3 rings (SSSR count). The van der Waals surface area contributed by atoms with Crippen LogP contribution in [0.2, 0.25) is 0 Å². The van der Waals surface area contributed by atoms with Gasteiger partial charge in [0.1, 0.15) is 0 Å². The SMILES string of the molecule is CC1(C)CCSc2ccc3ccccc3c21. The normalized spacial score (nSPS) is 18.4. The van der Waals surface area contributed by atoms with Crippen LogP contribution in [0, 0.1) is 0 Å². The molecule has 0 N–H and O–H groups in total. The monoisotopic (exact) mass is 228 g/mol. The van der Waals surface area contributed by atoms with Gasteiger partial charge >= 0.3 is 0 Å². The second kappa shape index (κ2) is 3.53. The van der Waals surface area contributed by atoms with Crippen LogP contribution in [0.1, 0.15) is 25.8 Å². The Hall–Kier alpha value is -0.950. The smallest absolute Gasteiger partial charge is 0.0116 e. The molecule has 0 nitrogen and oxygen atoms in total. The second-order valence-corrected chi connectivity index (χ2v) is 6.28. The maximum atomic E-state index is 2.37. The van der Waals surface area contributed by atoms with Crippen molar-refractivity contribution in [2.24, 2.45) is 0 Å². The molecular formula is C15H16S. The molecule has 0 saturated heterocycles. The zero-order valence-corrected chi connectivity index (χ0v) is 10.6. The van der Waals surface area contributed by atoms with E-state index in [9.17, 15) is 0 Å². The van der Waals surface area contributed by atoms with Crippen molar-refractivity contribution in [3.63, 3.8) is 0 Å². The predicted octanol–water partition coefficient (Wildman–Crippen LogP) is 4.61. The summed E-state index contributed by atoms with van der Waals surface area (Å²) >= 11 is 2.01. The first-order valence-electron chi connectivity index (χ1n) is 5.83. The zero-order chi connectivity index (χ0) is 11.2. The highest BCUT2D eigenvalue weighted by atomic mass is 32.2. The van der Waals surface area contributed by atoms with E-state index >= 15 is 0 Å². The standard InChI is InChI=1S/C15H16S/c1-15(2)9-10-16-13-8-7-11-5-3-4-6-12(11)14(13)15/h3-8H,9-10H2,1-2H3. The lowest BCUT2D eigenvalue weighted by Gasteiger charge is -2.33.